The van der Waals surface area contributed by atoms with Gasteiger partial charge in [-0.1, -0.05) is 12.8 Å². The van der Waals surface area contributed by atoms with Crippen molar-refractivity contribution in [1.82, 2.24) is 4.90 Å². The number of rotatable bonds is 2. The van der Waals surface area contributed by atoms with Gasteiger partial charge in [0.1, 0.15) is 0 Å². The molecule has 1 heterocycles. The second kappa shape index (κ2) is 5.15. The Hall–Kier alpha value is -0.610. The van der Waals surface area contributed by atoms with Gasteiger partial charge >= 0.3 is 5.97 Å². The number of hydrogen-bond acceptors (Lipinski definition) is 4. The molecule has 4 heteroatoms. The average molecular weight is 227 g/mol. The van der Waals surface area contributed by atoms with Crippen molar-refractivity contribution in [3.8, 4) is 0 Å². The predicted molar refractivity (Wildman–Crippen MR) is 60.0 cm³/mol. The van der Waals surface area contributed by atoms with Gasteiger partial charge < -0.3 is 9.84 Å². The van der Waals surface area contributed by atoms with E-state index in [2.05, 4.69) is 4.90 Å². The number of nitrogens with zero attached hydrogens (tertiary/aromatic N) is 1. The van der Waals surface area contributed by atoms with E-state index < -0.39 is 0 Å². The number of methoxy groups -OCH3 is 1. The molecular formula is C12H21NO3. The van der Waals surface area contributed by atoms with Crippen molar-refractivity contribution in [2.75, 3.05) is 20.2 Å². The molecule has 2 rings (SSSR count). The van der Waals surface area contributed by atoms with E-state index >= 15 is 0 Å². The summed E-state index contributed by atoms with van der Waals surface area (Å²) in [6.07, 6.45) is 4.97. The highest BCUT2D eigenvalue weighted by molar-refractivity contribution is 5.72. The third-order valence-electron chi connectivity index (χ3n) is 3.92. The monoisotopic (exact) mass is 227 g/mol. The van der Waals surface area contributed by atoms with Crippen LogP contribution in [0.15, 0.2) is 0 Å². The summed E-state index contributed by atoms with van der Waals surface area (Å²) in [6.45, 7) is 1.68. The third-order valence-corrected chi connectivity index (χ3v) is 3.92. The Morgan fingerprint density at radius 2 is 2.06 bits per heavy atom. The summed E-state index contributed by atoms with van der Waals surface area (Å²) in [6, 6.07) is 0.267. The highest BCUT2D eigenvalue weighted by Gasteiger charge is 2.36. The quantitative estimate of drug-likeness (QED) is 0.708. The van der Waals surface area contributed by atoms with Crippen LogP contribution in [0.4, 0.5) is 0 Å². The molecular weight excluding hydrogens is 206 g/mol. The zero-order valence-electron chi connectivity index (χ0n) is 9.89. The molecule has 1 N–H and O–H groups in total. The fourth-order valence-corrected chi connectivity index (χ4v) is 2.97. The number of likely N-dealkylation sites (tertiary alicyclic amines) is 1. The van der Waals surface area contributed by atoms with Gasteiger partial charge in [-0.2, -0.15) is 0 Å². The fourth-order valence-electron chi connectivity index (χ4n) is 2.97. The van der Waals surface area contributed by atoms with Crippen molar-refractivity contribution in [3.05, 3.63) is 0 Å². The Balaban J connectivity index is 1.89. The number of aliphatic hydroxyl groups excluding tert-OH is 1. The molecule has 16 heavy (non-hydrogen) atoms. The number of esters is 1. The van der Waals surface area contributed by atoms with Crippen LogP contribution in [0.5, 0.6) is 0 Å². The van der Waals surface area contributed by atoms with Gasteiger partial charge in [-0.3, -0.25) is 9.69 Å². The molecule has 1 unspecified atom stereocenters. The molecule has 1 saturated carbocycles. The van der Waals surface area contributed by atoms with Gasteiger partial charge in [-0.25, -0.2) is 0 Å². The van der Waals surface area contributed by atoms with Gasteiger partial charge in [-0.15, -0.1) is 0 Å². The number of hydrogen-bond donors (Lipinski definition) is 1. The van der Waals surface area contributed by atoms with Crippen LogP contribution in [0, 0.1) is 5.92 Å². The first kappa shape index (κ1) is 11.9. The second-order valence-corrected chi connectivity index (χ2v) is 4.92. The molecule has 0 bridgehead atoms. The Bertz CT molecular complexity index is 257. The van der Waals surface area contributed by atoms with Crippen LogP contribution in [0.3, 0.4) is 0 Å². The van der Waals surface area contributed by atoms with E-state index in [1.54, 1.807) is 0 Å². The predicted octanol–water partition coefficient (Wildman–Crippen LogP) is 0.785. The molecule has 2 aliphatic rings. The first-order valence-electron chi connectivity index (χ1n) is 6.22. The van der Waals surface area contributed by atoms with Crippen molar-refractivity contribution in [1.29, 1.82) is 0 Å². The minimum absolute atomic E-state index is 0.0131. The lowest BCUT2D eigenvalue weighted by molar-refractivity contribution is -0.145. The molecule has 1 aliphatic heterocycles. The lowest BCUT2D eigenvalue weighted by Gasteiger charge is -2.35. The van der Waals surface area contributed by atoms with E-state index in [1.165, 1.54) is 13.5 Å². The van der Waals surface area contributed by atoms with Gasteiger partial charge in [-0.05, 0) is 25.8 Å². The number of aliphatic hydroxyl groups is 1. The second-order valence-electron chi connectivity index (χ2n) is 4.92. The zero-order chi connectivity index (χ0) is 11.5. The minimum Gasteiger partial charge on any atom is -0.469 e. The normalized spacial score (nSPS) is 36.2. The molecule has 4 nitrogen and oxygen atoms in total. The molecule has 3 atom stereocenters. The highest BCUT2D eigenvalue weighted by Crippen LogP contribution is 2.28. The number of ether oxygens (including phenoxy) is 1. The highest BCUT2D eigenvalue weighted by atomic mass is 16.5. The number of carbonyl (C=O) groups is 1. The van der Waals surface area contributed by atoms with Crippen LogP contribution in [-0.2, 0) is 9.53 Å². The lowest BCUT2D eigenvalue weighted by atomic mass is 9.91. The summed E-state index contributed by atoms with van der Waals surface area (Å²) in [5, 5.41) is 9.95. The molecule has 1 saturated heterocycles. The van der Waals surface area contributed by atoms with Gasteiger partial charge in [0.25, 0.3) is 0 Å². The molecule has 92 valence electrons. The van der Waals surface area contributed by atoms with E-state index in [-0.39, 0.29) is 24.0 Å². The molecule has 0 spiro atoms. The van der Waals surface area contributed by atoms with Crippen LogP contribution in [0.25, 0.3) is 0 Å². The molecule has 2 fully saturated rings. The first-order chi connectivity index (χ1) is 7.72. The zero-order valence-corrected chi connectivity index (χ0v) is 9.89. The first-order valence-corrected chi connectivity index (χ1v) is 6.22. The molecule has 1 aliphatic carbocycles. The van der Waals surface area contributed by atoms with Crippen molar-refractivity contribution in [3.63, 3.8) is 0 Å². The van der Waals surface area contributed by atoms with Gasteiger partial charge in [0.15, 0.2) is 0 Å². The maximum absolute atomic E-state index is 11.4. The Labute approximate surface area is 96.6 Å². The van der Waals surface area contributed by atoms with Crippen LogP contribution < -0.4 is 0 Å². The van der Waals surface area contributed by atoms with E-state index in [1.807, 2.05) is 0 Å². The van der Waals surface area contributed by atoms with Crippen LogP contribution >= 0.6 is 0 Å². The van der Waals surface area contributed by atoms with Crippen molar-refractivity contribution in [2.45, 2.75) is 44.2 Å². The van der Waals surface area contributed by atoms with Crippen LogP contribution in [0.1, 0.15) is 32.1 Å². The molecule has 0 radical (unpaired) electrons. The van der Waals surface area contributed by atoms with Gasteiger partial charge in [0.05, 0.1) is 19.1 Å². The SMILES string of the molecule is COC(=O)C1CCN([C@@H]2CCCC[C@H]2O)C1. The smallest absolute Gasteiger partial charge is 0.310 e. The Kier molecular flexibility index (Phi) is 3.82. The summed E-state index contributed by atoms with van der Waals surface area (Å²) in [5.41, 5.74) is 0. The Morgan fingerprint density at radius 3 is 2.75 bits per heavy atom. The van der Waals surface area contributed by atoms with Crippen LogP contribution in [-0.4, -0.2) is 48.3 Å². The van der Waals surface area contributed by atoms with E-state index in [9.17, 15) is 9.90 Å². The van der Waals surface area contributed by atoms with Crippen LogP contribution in [0.2, 0.25) is 0 Å². The van der Waals surface area contributed by atoms with Gasteiger partial charge in [0.2, 0.25) is 0 Å². The summed E-state index contributed by atoms with van der Waals surface area (Å²) in [5.74, 6) is -0.0908. The maximum Gasteiger partial charge on any atom is 0.310 e. The third kappa shape index (κ3) is 2.38. The summed E-state index contributed by atoms with van der Waals surface area (Å²) < 4.78 is 4.77. The molecule has 0 aromatic rings. The largest absolute Gasteiger partial charge is 0.469 e. The fraction of sp³-hybridized carbons (Fsp3) is 0.917. The van der Waals surface area contributed by atoms with Crippen molar-refractivity contribution >= 4 is 5.97 Å². The Morgan fingerprint density at radius 1 is 1.31 bits per heavy atom. The number of carbonyl (C=O) groups excluding carboxylic acids is 1. The van der Waals surface area contributed by atoms with E-state index in [0.29, 0.717) is 0 Å². The van der Waals surface area contributed by atoms with E-state index in [4.69, 9.17) is 4.74 Å². The maximum atomic E-state index is 11.4. The van der Waals surface area contributed by atoms with Crippen molar-refractivity contribution < 1.29 is 14.6 Å². The standard InChI is InChI=1S/C12H21NO3/c1-16-12(15)9-6-7-13(8-9)10-4-2-3-5-11(10)14/h9-11,14H,2-8H2,1H3/t9?,10-,11-/m1/s1. The summed E-state index contributed by atoms with van der Waals surface area (Å²) in [7, 11) is 1.44. The average Bonchev–Trinajstić information content (AvgIpc) is 2.78. The van der Waals surface area contributed by atoms with E-state index in [0.717, 1.165) is 38.8 Å². The lowest BCUT2D eigenvalue weighted by Crippen LogP contribution is -2.44. The molecule has 0 aromatic heterocycles. The van der Waals surface area contributed by atoms with Gasteiger partial charge in [0, 0.05) is 12.6 Å². The summed E-state index contributed by atoms with van der Waals surface area (Å²) >= 11 is 0. The summed E-state index contributed by atoms with van der Waals surface area (Å²) in [4.78, 5) is 13.7. The topological polar surface area (TPSA) is 49.8 Å². The molecule has 0 amide bonds. The molecule has 0 aromatic carbocycles. The van der Waals surface area contributed by atoms with Crippen molar-refractivity contribution in [2.24, 2.45) is 5.92 Å². The minimum atomic E-state index is -0.204.